The van der Waals surface area contributed by atoms with Crippen LogP contribution in [0, 0.1) is 20.8 Å². The maximum absolute atomic E-state index is 6.18. The van der Waals surface area contributed by atoms with Crippen LogP contribution in [0.15, 0.2) is 12.1 Å². The molecular formula is C18H30N2. The summed E-state index contributed by atoms with van der Waals surface area (Å²) in [4.78, 5) is 2.65. The van der Waals surface area contributed by atoms with Gasteiger partial charge in [0.2, 0.25) is 0 Å². The van der Waals surface area contributed by atoms with E-state index in [4.69, 9.17) is 5.73 Å². The monoisotopic (exact) mass is 274 g/mol. The maximum atomic E-state index is 6.18. The molecule has 1 aromatic carbocycles. The van der Waals surface area contributed by atoms with Gasteiger partial charge in [-0.15, -0.1) is 0 Å². The van der Waals surface area contributed by atoms with E-state index in [9.17, 15) is 0 Å². The van der Waals surface area contributed by atoms with Crippen molar-refractivity contribution >= 4 is 0 Å². The fraction of sp³-hybridized carbons (Fsp3) is 0.667. The lowest BCUT2D eigenvalue weighted by molar-refractivity contribution is 0.150. The van der Waals surface area contributed by atoms with E-state index in [-0.39, 0.29) is 0 Å². The lowest BCUT2D eigenvalue weighted by atomic mass is 9.92. The third-order valence-corrected chi connectivity index (χ3v) is 4.80. The lowest BCUT2D eigenvalue weighted by Crippen LogP contribution is -2.40. The average Bonchev–Trinajstić information content (AvgIpc) is 2.58. The Balaban J connectivity index is 2.36. The Kier molecular flexibility index (Phi) is 5.22. The van der Waals surface area contributed by atoms with E-state index in [2.05, 4.69) is 44.7 Å². The van der Waals surface area contributed by atoms with Gasteiger partial charge in [0.05, 0.1) is 0 Å². The summed E-state index contributed by atoms with van der Waals surface area (Å²) in [6.07, 6.45) is 5.34. The van der Waals surface area contributed by atoms with Crippen molar-refractivity contribution in [2.45, 2.75) is 65.5 Å². The van der Waals surface area contributed by atoms with Gasteiger partial charge in [-0.05, 0) is 63.8 Å². The molecule has 20 heavy (non-hydrogen) atoms. The Hall–Kier alpha value is -0.860. The normalized spacial score (nSPS) is 22.6. The molecule has 2 unspecified atom stereocenters. The van der Waals surface area contributed by atoms with Gasteiger partial charge in [0, 0.05) is 18.6 Å². The predicted octanol–water partition coefficient (Wildman–Crippen LogP) is 3.88. The first-order chi connectivity index (χ1) is 9.54. The van der Waals surface area contributed by atoms with Crippen LogP contribution in [0.5, 0.6) is 0 Å². The molecule has 2 nitrogen and oxygen atoms in total. The van der Waals surface area contributed by atoms with Gasteiger partial charge in [0.25, 0.3) is 0 Å². The molecular weight excluding hydrogens is 244 g/mol. The minimum atomic E-state index is 0.378. The standard InChI is InChI=1S/C18H30N2/c1-13-10-14(2)18(15(3)11-13)17(12-19)20-9-7-5-6-8-16(20)4/h10-11,16-17H,5-9,12,19H2,1-4H3. The summed E-state index contributed by atoms with van der Waals surface area (Å²) in [5.41, 5.74) is 11.8. The van der Waals surface area contributed by atoms with E-state index in [0.717, 1.165) is 6.54 Å². The van der Waals surface area contributed by atoms with E-state index in [1.54, 1.807) is 0 Å². The van der Waals surface area contributed by atoms with Crippen LogP contribution in [0.25, 0.3) is 0 Å². The largest absolute Gasteiger partial charge is 0.329 e. The molecule has 0 bridgehead atoms. The first-order valence-electron chi connectivity index (χ1n) is 8.08. The summed E-state index contributed by atoms with van der Waals surface area (Å²) >= 11 is 0. The van der Waals surface area contributed by atoms with Crippen molar-refractivity contribution in [3.8, 4) is 0 Å². The molecule has 1 heterocycles. The van der Waals surface area contributed by atoms with Crippen LogP contribution >= 0.6 is 0 Å². The van der Waals surface area contributed by atoms with E-state index in [1.807, 2.05) is 0 Å². The number of hydrogen-bond donors (Lipinski definition) is 1. The smallest absolute Gasteiger partial charge is 0.0478 e. The number of nitrogens with two attached hydrogens (primary N) is 1. The van der Waals surface area contributed by atoms with Gasteiger partial charge in [-0.2, -0.15) is 0 Å². The van der Waals surface area contributed by atoms with Crippen molar-refractivity contribution < 1.29 is 0 Å². The Labute approximate surface area is 124 Å². The summed E-state index contributed by atoms with van der Waals surface area (Å²) in [5.74, 6) is 0. The summed E-state index contributed by atoms with van der Waals surface area (Å²) < 4.78 is 0. The van der Waals surface area contributed by atoms with Crippen molar-refractivity contribution in [2.75, 3.05) is 13.1 Å². The molecule has 0 radical (unpaired) electrons. The third kappa shape index (κ3) is 3.24. The molecule has 1 aliphatic rings. The molecule has 0 spiro atoms. The molecule has 2 N–H and O–H groups in total. The zero-order chi connectivity index (χ0) is 14.7. The quantitative estimate of drug-likeness (QED) is 0.906. The van der Waals surface area contributed by atoms with Crippen LogP contribution < -0.4 is 5.73 Å². The zero-order valence-electron chi connectivity index (χ0n) is 13.6. The Morgan fingerprint density at radius 2 is 1.80 bits per heavy atom. The molecule has 0 saturated carbocycles. The SMILES string of the molecule is Cc1cc(C)c(C(CN)N2CCCCCC2C)c(C)c1. The lowest BCUT2D eigenvalue weighted by Gasteiger charge is -2.36. The molecule has 1 saturated heterocycles. The summed E-state index contributed by atoms with van der Waals surface area (Å²) in [7, 11) is 0. The number of rotatable bonds is 3. The van der Waals surface area contributed by atoms with Crippen LogP contribution in [-0.4, -0.2) is 24.0 Å². The summed E-state index contributed by atoms with van der Waals surface area (Å²) in [6.45, 7) is 10.9. The zero-order valence-corrected chi connectivity index (χ0v) is 13.6. The van der Waals surface area contributed by atoms with E-state index in [0.29, 0.717) is 12.1 Å². The summed E-state index contributed by atoms with van der Waals surface area (Å²) in [6, 6.07) is 5.62. The first-order valence-corrected chi connectivity index (χ1v) is 8.08. The third-order valence-electron chi connectivity index (χ3n) is 4.80. The number of likely N-dealkylation sites (tertiary alicyclic amines) is 1. The molecule has 1 aliphatic heterocycles. The highest BCUT2D eigenvalue weighted by atomic mass is 15.2. The molecule has 0 aromatic heterocycles. The molecule has 0 aliphatic carbocycles. The second-order valence-corrected chi connectivity index (χ2v) is 6.50. The number of aryl methyl sites for hydroxylation is 3. The molecule has 2 atom stereocenters. The Bertz CT molecular complexity index is 430. The van der Waals surface area contributed by atoms with Crippen LogP contribution in [0.2, 0.25) is 0 Å². The van der Waals surface area contributed by atoms with E-state index >= 15 is 0 Å². The fourth-order valence-electron chi connectivity index (χ4n) is 3.90. The van der Waals surface area contributed by atoms with Gasteiger partial charge in [0.15, 0.2) is 0 Å². The second kappa shape index (κ2) is 6.73. The van der Waals surface area contributed by atoms with Crippen molar-refractivity contribution in [1.82, 2.24) is 4.90 Å². The van der Waals surface area contributed by atoms with Gasteiger partial charge in [0.1, 0.15) is 0 Å². The van der Waals surface area contributed by atoms with Crippen LogP contribution in [0.3, 0.4) is 0 Å². The highest BCUT2D eigenvalue weighted by Gasteiger charge is 2.27. The minimum Gasteiger partial charge on any atom is -0.329 e. The molecule has 2 rings (SSSR count). The van der Waals surface area contributed by atoms with Crippen molar-refractivity contribution in [1.29, 1.82) is 0 Å². The molecule has 1 fully saturated rings. The number of nitrogens with zero attached hydrogens (tertiary/aromatic N) is 1. The topological polar surface area (TPSA) is 29.3 Å². The van der Waals surface area contributed by atoms with E-state index in [1.165, 1.54) is 54.5 Å². The first kappa shape index (κ1) is 15.5. The minimum absolute atomic E-state index is 0.378. The number of hydrogen-bond acceptors (Lipinski definition) is 2. The van der Waals surface area contributed by atoms with Gasteiger partial charge in [-0.3, -0.25) is 4.90 Å². The maximum Gasteiger partial charge on any atom is 0.0478 e. The highest BCUT2D eigenvalue weighted by Crippen LogP contribution is 2.31. The predicted molar refractivity (Wildman–Crippen MR) is 87.1 cm³/mol. The van der Waals surface area contributed by atoms with Gasteiger partial charge in [-0.1, -0.05) is 30.5 Å². The molecule has 0 amide bonds. The highest BCUT2D eigenvalue weighted by molar-refractivity contribution is 5.40. The van der Waals surface area contributed by atoms with Crippen LogP contribution in [0.1, 0.15) is 60.9 Å². The summed E-state index contributed by atoms with van der Waals surface area (Å²) in [5, 5.41) is 0. The second-order valence-electron chi connectivity index (χ2n) is 6.50. The fourth-order valence-corrected chi connectivity index (χ4v) is 3.90. The van der Waals surface area contributed by atoms with Crippen LogP contribution in [-0.2, 0) is 0 Å². The van der Waals surface area contributed by atoms with Crippen molar-refractivity contribution in [3.63, 3.8) is 0 Å². The van der Waals surface area contributed by atoms with Crippen molar-refractivity contribution in [2.24, 2.45) is 5.73 Å². The molecule has 1 aromatic rings. The van der Waals surface area contributed by atoms with E-state index < -0.39 is 0 Å². The Morgan fingerprint density at radius 1 is 1.15 bits per heavy atom. The van der Waals surface area contributed by atoms with Gasteiger partial charge >= 0.3 is 0 Å². The average molecular weight is 274 g/mol. The van der Waals surface area contributed by atoms with Gasteiger partial charge < -0.3 is 5.73 Å². The molecule has 112 valence electrons. The Morgan fingerprint density at radius 3 is 2.40 bits per heavy atom. The number of benzene rings is 1. The van der Waals surface area contributed by atoms with Crippen molar-refractivity contribution in [3.05, 3.63) is 34.4 Å². The molecule has 2 heteroatoms. The van der Waals surface area contributed by atoms with Gasteiger partial charge in [-0.25, -0.2) is 0 Å². The van der Waals surface area contributed by atoms with Crippen LogP contribution in [0.4, 0.5) is 0 Å².